The van der Waals surface area contributed by atoms with E-state index in [9.17, 15) is 9.59 Å². The molecule has 0 aromatic carbocycles. The average Bonchev–Trinajstić information content (AvgIpc) is 2.69. The van der Waals surface area contributed by atoms with E-state index in [1.54, 1.807) is 0 Å². The van der Waals surface area contributed by atoms with Gasteiger partial charge >= 0.3 is 11.9 Å². The van der Waals surface area contributed by atoms with Crippen molar-refractivity contribution in [2.75, 3.05) is 13.7 Å². The topological polar surface area (TPSA) is 55.4 Å². The monoisotopic (exact) mass is 197 g/mol. The quantitative estimate of drug-likeness (QED) is 0.413. The molecule has 1 aliphatic carbocycles. The number of allylic oxidation sites excluding steroid dienone is 1. The second kappa shape index (κ2) is 5.42. The van der Waals surface area contributed by atoms with Gasteiger partial charge < -0.3 is 10.1 Å². The van der Waals surface area contributed by atoms with Crippen molar-refractivity contribution in [2.24, 2.45) is 0 Å². The molecule has 0 fully saturated rings. The molecule has 14 heavy (non-hydrogen) atoms. The first kappa shape index (κ1) is 10.8. The van der Waals surface area contributed by atoms with Gasteiger partial charge in [0.2, 0.25) is 0 Å². The molecule has 1 amide bonds. The molecule has 1 N–H and O–H groups in total. The summed E-state index contributed by atoms with van der Waals surface area (Å²) >= 11 is 0. The first-order valence-electron chi connectivity index (χ1n) is 4.78. The number of amides is 1. The number of nitrogens with one attached hydrogen (secondary N) is 1. The van der Waals surface area contributed by atoms with Crippen LogP contribution < -0.4 is 5.32 Å². The Hall–Kier alpha value is -1.32. The lowest BCUT2D eigenvalue weighted by Gasteiger charge is -2.03. The predicted molar refractivity (Wildman–Crippen MR) is 51.6 cm³/mol. The summed E-state index contributed by atoms with van der Waals surface area (Å²) in [6.07, 6.45) is 6.50. The predicted octanol–water partition coefficient (Wildman–Crippen LogP) is 0.776. The third-order valence-electron chi connectivity index (χ3n) is 2.24. The lowest BCUT2D eigenvalue weighted by Crippen LogP contribution is -2.32. The molecule has 1 rings (SSSR count). The average molecular weight is 197 g/mol. The number of carbonyl (C=O) groups is 2. The smallest absolute Gasteiger partial charge is 0.396 e. The molecule has 0 aromatic heterocycles. The van der Waals surface area contributed by atoms with E-state index >= 15 is 0 Å². The fraction of sp³-hybridized carbons (Fsp3) is 0.600. The molecule has 0 bridgehead atoms. The largest absolute Gasteiger partial charge is 0.462 e. The number of ether oxygens (including phenoxy) is 1. The van der Waals surface area contributed by atoms with Crippen LogP contribution in [-0.2, 0) is 14.3 Å². The third kappa shape index (κ3) is 3.20. The van der Waals surface area contributed by atoms with Crippen molar-refractivity contribution in [3.63, 3.8) is 0 Å². The van der Waals surface area contributed by atoms with E-state index in [1.807, 2.05) is 0 Å². The van der Waals surface area contributed by atoms with Crippen LogP contribution in [0.25, 0.3) is 0 Å². The molecular formula is C10H15NO3. The van der Waals surface area contributed by atoms with E-state index in [0.29, 0.717) is 6.54 Å². The van der Waals surface area contributed by atoms with Crippen molar-refractivity contribution >= 4 is 11.9 Å². The van der Waals surface area contributed by atoms with Crippen LogP contribution in [0.3, 0.4) is 0 Å². The van der Waals surface area contributed by atoms with Crippen molar-refractivity contribution in [1.82, 2.24) is 5.32 Å². The Kier molecular flexibility index (Phi) is 4.16. The first-order chi connectivity index (χ1) is 6.74. The van der Waals surface area contributed by atoms with E-state index < -0.39 is 11.9 Å². The molecule has 0 saturated carbocycles. The minimum absolute atomic E-state index is 0.514. The van der Waals surface area contributed by atoms with Crippen molar-refractivity contribution in [1.29, 1.82) is 0 Å². The molecule has 0 atom stereocenters. The van der Waals surface area contributed by atoms with E-state index in [2.05, 4.69) is 16.1 Å². The van der Waals surface area contributed by atoms with Gasteiger partial charge in [-0.2, -0.15) is 0 Å². The molecule has 0 unspecified atom stereocenters. The maximum absolute atomic E-state index is 10.9. The van der Waals surface area contributed by atoms with Gasteiger partial charge in [0.05, 0.1) is 7.11 Å². The maximum atomic E-state index is 10.9. The van der Waals surface area contributed by atoms with Gasteiger partial charge in [-0.3, -0.25) is 4.79 Å². The van der Waals surface area contributed by atoms with Crippen molar-refractivity contribution < 1.29 is 14.3 Å². The molecule has 0 radical (unpaired) electrons. The Bertz CT molecular complexity index is 258. The van der Waals surface area contributed by atoms with Crippen molar-refractivity contribution in [2.45, 2.75) is 25.7 Å². The molecule has 0 aliphatic heterocycles. The van der Waals surface area contributed by atoms with Crippen LogP contribution in [0.4, 0.5) is 0 Å². The zero-order valence-corrected chi connectivity index (χ0v) is 8.34. The molecule has 0 heterocycles. The SMILES string of the molecule is COC(=O)C(=O)NCCC1=CCCC1. The summed E-state index contributed by atoms with van der Waals surface area (Å²) in [6.45, 7) is 0.514. The van der Waals surface area contributed by atoms with Crippen LogP contribution in [0, 0.1) is 0 Å². The Balaban J connectivity index is 2.14. The van der Waals surface area contributed by atoms with Gasteiger partial charge in [0.25, 0.3) is 0 Å². The number of carbonyl (C=O) groups excluding carboxylic acids is 2. The van der Waals surface area contributed by atoms with Crippen LogP contribution in [0.1, 0.15) is 25.7 Å². The van der Waals surface area contributed by atoms with E-state index in [-0.39, 0.29) is 0 Å². The van der Waals surface area contributed by atoms with Crippen molar-refractivity contribution in [3.05, 3.63) is 11.6 Å². The van der Waals surface area contributed by atoms with Crippen LogP contribution in [0.2, 0.25) is 0 Å². The molecular weight excluding hydrogens is 182 g/mol. The Morgan fingerprint density at radius 2 is 2.36 bits per heavy atom. The number of methoxy groups -OCH3 is 1. The summed E-state index contributed by atoms with van der Waals surface area (Å²) in [5.74, 6) is -1.49. The zero-order chi connectivity index (χ0) is 10.4. The number of esters is 1. The highest BCUT2D eigenvalue weighted by molar-refractivity contribution is 6.32. The van der Waals surface area contributed by atoms with Gasteiger partial charge in [-0.25, -0.2) is 4.79 Å². The standard InChI is InChI=1S/C10H15NO3/c1-14-10(13)9(12)11-7-6-8-4-2-3-5-8/h4H,2-3,5-7H2,1H3,(H,11,12). The van der Waals surface area contributed by atoms with Gasteiger partial charge in [0, 0.05) is 6.54 Å². The second-order valence-corrected chi connectivity index (χ2v) is 3.25. The molecule has 1 aliphatic rings. The van der Waals surface area contributed by atoms with Crippen LogP contribution >= 0.6 is 0 Å². The second-order valence-electron chi connectivity index (χ2n) is 3.25. The van der Waals surface area contributed by atoms with Crippen LogP contribution in [-0.4, -0.2) is 25.5 Å². The Morgan fingerprint density at radius 3 is 2.93 bits per heavy atom. The summed E-state index contributed by atoms with van der Waals surface area (Å²) in [4.78, 5) is 21.6. The highest BCUT2D eigenvalue weighted by atomic mass is 16.5. The molecule has 0 aromatic rings. The number of hydrogen-bond donors (Lipinski definition) is 1. The van der Waals surface area contributed by atoms with Crippen molar-refractivity contribution in [3.8, 4) is 0 Å². The lowest BCUT2D eigenvalue weighted by atomic mass is 10.2. The van der Waals surface area contributed by atoms with Gasteiger partial charge in [0.15, 0.2) is 0 Å². The Labute approximate surface area is 83.3 Å². The Morgan fingerprint density at radius 1 is 1.57 bits per heavy atom. The molecule has 4 nitrogen and oxygen atoms in total. The molecule has 0 saturated heterocycles. The molecule has 78 valence electrons. The van der Waals surface area contributed by atoms with E-state index in [4.69, 9.17) is 0 Å². The first-order valence-corrected chi connectivity index (χ1v) is 4.78. The third-order valence-corrected chi connectivity index (χ3v) is 2.24. The zero-order valence-electron chi connectivity index (χ0n) is 8.34. The molecule has 0 spiro atoms. The van der Waals surface area contributed by atoms with E-state index in [0.717, 1.165) is 19.3 Å². The van der Waals surface area contributed by atoms with Crippen LogP contribution in [0.15, 0.2) is 11.6 Å². The highest BCUT2D eigenvalue weighted by Crippen LogP contribution is 2.19. The van der Waals surface area contributed by atoms with Gasteiger partial charge in [0.1, 0.15) is 0 Å². The summed E-state index contributed by atoms with van der Waals surface area (Å²) in [7, 11) is 1.20. The highest BCUT2D eigenvalue weighted by Gasteiger charge is 2.12. The summed E-state index contributed by atoms with van der Waals surface area (Å²) in [5, 5.41) is 2.51. The summed E-state index contributed by atoms with van der Waals surface area (Å²) in [6, 6.07) is 0. The minimum Gasteiger partial charge on any atom is -0.462 e. The summed E-state index contributed by atoms with van der Waals surface area (Å²) in [5.41, 5.74) is 1.37. The summed E-state index contributed by atoms with van der Waals surface area (Å²) < 4.78 is 4.27. The maximum Gasteiger partial charge on any atom is 0.396 e. The lowest BCUT2D eigenvalue weighted by molar-refractivity contribution is -0.152. The van der Waals surface area contributed by atoms with Gasteiger partial charge in [-0.05, 0) is 25.7 Å². The minimum atomic E-state index is -0.828. The van der Waals surface area contributed by atoms with Gasteiger partial charge in [-0.1, -0.05) is 11.6 Å². The molecule has 4 heteroatoms. The number of hydrogen-bond acceptors (Lipinski definition) is 3. The fourth-order valence-electron chi connectivity index (χ4n) is 1.47. The van der Waals surface area contributed by atoms with E-state index in [1.165, 1.54) is 19.1 Å². The normalized spacial score (nSPS) is 14.8. The van der Waals surface area contributed by atoms with Crippen LogP contribution in [0.5, 0.6) is 0 Å². The fourth-order valence-corrected chi connectivity index (χ4v) is 1.47. The van der Waals surface area contributed by atoms with Gasteiger partial charge in [-0.15, -0.1) is 0 Å². The number of rotatable bonds is 3.